The van der Waals surface area contributed by atoms with E-state index >= 15 is 0 Å². The van der Waals surface area contributed by atoms with Gasteiger partial charge in [-0.25, -0.2) is 13.1 Å². The van der Waals surface area contributed by atoms with Crippen LogP contribution in [0.3, 0.4) is 0 Å². The van der Waals surface area contributed by atoms with Crippen molar-refractivity contribution < 1.29 is 18.0 Å². The van der Waals surface area contributed by atoms with Crippen LogP contribution in [-0.2, 0) is 39.3 Å². The Bertz CT molecular complexity index is 1350. The zero-order chi connectivity index (χ0) is 26.4. The number of rotatable bonds is 11. The highest BCUT2D eigenvalue weighted by atomic mass is 32.2. The van der Waals surface area contributed by atoms with Gasteiger partial charge in [-0.1, -0.05) is 44.2 Å². The Balaban J connectivity index is 1.44. The molecule has 196 valence electrons. The van der Waals surface area contributed by atoms with Crippen LogP contribution in [0.4, 0.5) is 5.82 Å². The SMILES string of the molecule is CCN(CC)S(=O)(=O)c1ccc(C(=O)Nc2c3c(nn2CC(=O)NCCc2ccccc2)CSC3)cc1. The second kappa shape index (κ2) is 11.9. The van der Waals surface area contributed by atoms with Gasteiger partial charge < -0.3 is 10.6 Å². The van der Waals surface area contributed by atoms with E-state index in [9.17, 15) is 18.0 Å². The molecule has 0 radical (unpaired) electrons. The van der Waals surface area contributed by atoms with Crippen molar-refractivity contribution in [2.45, 2.75) is 43.2 Å². The molecule has 11 heteroatoms. The number of hydrogen-bond donors (Lipinski definition) is 2. The van der Waals surface area contributed by atoms with Crippen molar-refractivity contribution in [3.8, 4) is 0 Å². The molecule has 37 heavy (non-hydrogen) atoms. The molecule has 1 aromatic heterocycles. The standard InChI is InChI=1S/C26H31N5O4S2/c1-3-30(4-2)37(34,35)21-12-10-20(11-13-21)26(33)28-25-22-17-36-18-23(22)29-31(25)16-24(32)27-15-14-19-8-6-5-7-9-19/h5-13H,3-4,14-18H2,1-2H3,(H,27,32)(H,28,33). The zero-order valence-electron chi connectivity index (χ0n) is 20.9. The van der Waals surface area contributed by atoms with Gasteiger partial charge in [-0.2, -0.15) is 21.2 Å². The summed E-state index contributed by atoms with van der Waals surface area (Å²) in [6, 6.07) is 15.8. The highest BCUT2D eigenvalue weighted by molar-refractivity contribution is 7.98. The lowest BCUT2D eigenvalue weighted by Gasteiger charge is -2.18. The van der Waals surface area contributed by atoms with Crippen molar-refractivity contribution in [2.24, 2.45) is 0 Å². The van der Waals surface area contributed by atoms with Crippen LogP contribution in [0, 0.1) is 0 Å². The highest BCUT2D eigenvalue weighted by Gasteiger charge is 2.26. The summed E-state index contributed by atoms with van der Waals surface area (Å²) in [5, 5.41) is 10.4. The summed E-state index contributed by atoms with van der Waals surface area (Å²) in [7, 11) is -3.61. The molecule has 0 unspecified atom stereocenters. The maximum absolute atomic E-state index is 13.1. The smallest absolute Gasteiger partial charge is 0.256 e. The van der Waals surface area contributed by atoms with Gasteiger partial charge in [0.05, 0.1) is 10.6 Å². The van der Waals surface area contributed by atoms with E-state index in [1.54, 1.807) is 30.3 Å². The molecule has 0 bridgehead atoms. The summed E-state index contributed by atoms with van der Waals surface area (Å²) in [5.74, 6) is 1.34. The fraction of sp³-hybridized carbons (Fsp3) is 0.346. The number of aromatic nitrogens is 2. The fourth-order valence-corrected chi connectivity index (χ4v) is 6.67. The summed E-state index contributed by atoms with van der Waals surface area (Å²) in [4.78, 5) is 25.8. The van der Waals surface area contributed by atoms with Crippen molar-refractivity contribution >= 4 is 39.4 Å². The normalized spacial score (nSPS) is 12.9. The Morgan fingerprint density at radius 3 is 2.41 bits per heavy atom. The van der Waals surface area contributed by atoms with Crippen LogP contribution in [0.5, 0.6) is 0 Å². The van der Waals surface area contributed by atoms with Gasteiger partial charge in [-0.3, -0.25) is 9.59 Å². The van der Waals surface area contributed by atoms with Gasteiger partial charge in [0.25, 0.3) is 5.91 Å². The number of sulfonamides is 1. The summed E-state index contributed by atoms with van der Waals surface area (Å²) in [6.45, 7) is 4.80. The molecule has 2 N–H and O–H groups in total. The Hall–Kier alpha value is -3.15. The third-order valence-electron chi connectivity index (χ3n) is 6.18. The number of fused-ring (bicyclic) bond motifs is 1. The monoisotopic (exact) mass is 541 g/mol. The van der Waals surface area contributed by atoms with E-state index in [2.05, 4.69) is 15.7 Å². The number of carbonyl (C=O) groups excluding carboxylic acids is 2. The van der Waals surface area contributed by atoms with Crippen LogP contribution in [0.15, 0.2) is 59.5 Å². The lowest BCUT2D eigenvalue weighted by atomic mass is 10.1. The molecule has 0 saturated heterocycles. The van der Waals surface area contributed by atoms with Gasteiger partial charge in [0, 0.05) is 42.3 Å². The summed E-state index contributed by atoms with van der Waals surface area (Å²) >= 11 is 1.70. The molecule has 0 atom stereocenters. The van der Waals surface area contributed by atoms with E-state index in [0.29, 0.717) is 36.8 Å². The lowest BCUT2D eigenvalue weighted by Crippen LogP contribution is -2.31. The number of benzene rings is 2. The first-order chi connectivity index (χ1) is 17.8. The van der Waals surface area contributed by atoms with Crippen molar-refractivity contribution in [1.29, 1.82) is 0 Å². The average Bonchev–Trinajstić information content (AvgIpc) is 3.47. The van der Waals surface area contributed by atoms with Crippen molar-refractivity contribution in [3.05, 3.63) is 77.0 Å². The van der Waals surface area contributed by atoms with Gasteiger partial charge in [0.1, 0.15) is 12.4 Å². The average molecular weight is 542 g/mol. The Morgan fingerprint density at radius 2 is 1.73 bits per heavy atom. The van der Waals surface area contributed by atoms with E-state index in [1.165, 1.54) is 28.6 Å². The Kier molecular flexibility index (Phi) is 8.67. The van der Waals surface area contributed by atoms with E-state index < -0.39 is 15.9 Å². The number of anilines is 1. The van der Waals surface area contributed by atoms with Crippen molar-refractivity contribution in [1.82, 2.24) is 19.4 Å². The van der Waals surface area contributed by atoms with E-state index in [0.717, 1.165) is 29.0 Å². The molecule has 0 saturated carbocycles. The number of thioether (sulfide) groups is 1. The van der Waals surface area contributed by atoms with Crippen molar-refractivity contribution in [2.75, 3.05) is 25.0 Å². The van der Waals surface area contributed by atoms with E-state index in [1.807, 2.05) is 30.3 Å². The molecule has 9 nitrogen and oxygen atoms in total. The van der Waals surface area contributed by atoms with Crippen LogP contribution in [0.2, 0.25) is 0 Å². The summed E-state index contributed by atoms with van der Waals surface area (Å²) < 4.78 is 28.4. The van der Waals surface area contributed by atoms with Crippen LogP contribution in [0.25, 0.3) is 0 Å². The molecular formula is C26H31N5O4S2. The maximum Gasteiger partial charge on any atom is 0.256 e. The first-order valence-electron chi connectivity index (χ1n) is 12.2. The third kappa shape index (κ3) is 6.23. The van der Waals surface area contributed by atoms with Gasteiger partial charge in [0.2, 0.25) is 15.9 Å². The second-order valence-corrected chi connectivity index (χ2v) is 11.5. The molecular weight excluding hydrogens is 510 g/mol. The third-order valence-corrected chi connectivity index (χ3v) is 9.22. The van der Waals surface area contributed by atoms with Crippen LogP contribution in [0.1, 0.15) is 41.0 Å². The summed E-state index contributed by atoms with van der Waals surface area (Å²) in [5.41, 5.74) is 3.23. The molecule has 0 aliphatic carbocycles. The minimum absolute atomic E-state index is 0.0108. The number of carbonyl (C=O) groups is 2. The topological polar surface area (TPSA) is 113 Å². The minimum Gasteiger partial charge on any atom is -0.354 e. The molecule has 0 spiro atoms. The van der Waals surface area contributed by atoms with Gasteiger partial charge in [0.15, 0.2) is 0 Å². The Labute approximate surface area is 221 Å². The van der Waals surface area contributed by atoms with Gasteiger partial charge in [-0.05, 0) is 36.2 Å². The first kappa shape index (κ1) is 26.9. The van der Waals surface area contributed by atoms with Crippen molar-refractivity contribution in [3.63, 3.8) is 0 Å². The number of nitrogens with one attached hydrogen (secondary N) is 2. The molecule has 0 fully saturated rings. The van der Waals surface area contributed by atoms with Crippen LogP contribution < -0.4 is 10.6 Å². The lowest BCUT2D eigenvalue weighted by molar-refractivity contribution is -0.121. The van der Waals surface area contributed by atoms with E-state index in [4.69, 9.17) is 0 Å². The fourth-order valence-electron chi connectivity index (χ4n) is 4.17. The van der Waals surface area contributed by atoms with E-state index in [-0.39, 0.29) is 17.3 Å². The number of hydrogen-bond acceptors (Lipinski definition) is 6. The van der Waals surface area contributed by atoms with Crippen LogP contribution >= 0.6 is 11.8 Å². The van der Waals surface area contributed by atoms with Gasteiger partial charge in [-0.15, -0.1) is 0 Å². The molecule has 2 heterocycles. The Morgan fingerprint density at radius 1 is 1.03 bits per heavy atom. The molecule has 1 aliphatic rings. The number of amides is 2. The molecule has 2 aromatic carbocycles. The maximum atomic E-state index is 13.1. The molecule has 3 aromatic rings. The predicted molar refractivity (Wildman–Crippen MR) is 145 cm³/mol. The highest BCUT2D eigenvalue weighted by Crippen LogP contribution is 2.35. The number of nitrogens with zero attached hydrogens (tertiary/aromatic N) is 3. The minimum atomic E-state index is -3.61. The van der Waals surface area contributed by atoms with Gasteiger partial charge >= 0.3 is 0 Å². The largest absolute Gasteiger partial charge is 0.354 e. The molecule has 1 aliphatic heterocycles. The summed E-state index contributed by atoms with van der Waals surface area (Å²) in [6.07, 6.45) is 0.725. The van der Waals surface area contributed by atoms with Crippen LogP contribution in [-0.4, -0.2) is 54.0 Å². The predicted octanol–water partition coefficient (Wildman–Crippen LogP) is 3.27. The zero-order valence-corrected chi connectivity index (χ0v) is 22.6. The first-order valence-corrected chi connectivity index (χ1v) is 14.8. The second-order valence-electron chi connectivity index (χ2n) is 8.58. The molecule has 4 rings (SSSR count). The molecule has 2 amide bonds. The quantitative estimate of drug-likeness (QED) is 0.385.